The van der Waals surface area contributed by atoms with E-state index in [0.717, 1.165) is 16.7 Å². The van der Waals surface area contributed by atoms with Gasteiger partial charge >= 0.3 is 0 Å². The number of hydrogen-bond donors (Lipinski definition) is 0. The number of hydrogen-bond acceptors (Lipinski definition) is 5. The smallest absolute Gasteiger partial charge is 0.240 e. The fourth-order valence-corrected chi connectivity index (χ4v) is 5.06. The Hall–Kier alpha value is -3.28. The van der Waals surface area contributed by atoms with Crippen LogP contribution in [0.1, 0.15) is 43.5 Å². The van der Waals surface area contributed by atoms with Crippen molar-refractivity contribution in [2.24, 2.45) is 22.4 Å². The van der Waals surface area contributed by atoms with Crippen LogP contribution in [-0.2, 0) is 14.4 Å². The van der Waals surface area contributed by atoms with Crippen LogP contribution in [-0.4, -0.2) is 34.9 Å². The fourth-order valence-electron chi connectivity index (χ4n) is 5.06. The summed E-state index contributed by atoms with van der Waals surface area (Å²) < 4.78 is 0. The molecule has 3 aliphatic rings. The summed E-state index contributed by atoms with van der Waals surface area (Å²) in [4.78, 5) is 42.1. The standard InChI is InChI=1S/C25H25N3O3/c1-14-9-11-16(12-10-14)27-23(30)18-19(24(27)31)21(22(29)25(2,3)4)28-20(18)17-8-6-5-7-15(17)13-26-28/h5-13,18-21H,1-4H3/t18-,19+,20-,21-/m1/s1. The predicted molar refractivity (Wildman–Crippen MR) is 118 cm³/mol. The SMILES string of the molecule is Cc1ccc(N2C(=O)[C@@H]3[C@H](C2=O)[C@H](C(=O)C(C)(C)C)N2N=Cc4ccccc4[C@H]32)cc1. The molecule has 0 saturated carbocycles. The van der Waals surface area contributed by atoms with E-state index in [-0.39, 0.29) is 17.6 Å². The summed E-state index contributed by atoms with van der Waals surface area (Å²) in [6.07, 6.45) is 1.72. The van der Waals surface area contributed by atoms with Gasteiger partial charge in [0.05, 0.1) is 29.8 Å². The summed E-state index contributed by atoms with van der Waals surface area (Å²) in [5.41, 5.74) is 2.78. The van der Waals surface area contributed by atoms with Crippen LogP contribution in [0.15, 0.2) is 53.6 Å². The van der Waals surface area contributed by atoms with Gasteiger partial charge in [-0.05, 0) is 30.2 Å². The second-order valence-corrected chi connectivity index (χ2v) is 9.66. The highest BCUT2D eigenvalue weighted by atomic mass is 16.2. The van der Waals surface area contributed by atoms with Crippen LogP contribution in [0.3, 0.4) is 0 Å². The topological polar surface area (TPSA) is 70.1 Å². The van der Waals surface area contributed by atoms with Gasteiger partial charge in [-0.1, -0.05) is 62.7 Å². The Morgan fingerprint density at radius 1 is 0.935 bits per heavy atom. The van der Waals surface area contributed by atoms with Crippen LogP contribution in [0.25, 0.3) is 0 Å². The van der Waals surface area contributed by atoms with Crippen LogP contribution in [0, 0.1) is 24.2 Å². The zero-order chi connectivity index (χ0) is 22.1. The predicted octanol–water partition coefficient (Wildman–Crippen LogP) is 3.49. The van der Waals surface area contributed by atoms with Gasteiger partial charge in [-0.15, -0.1) is 0 Å². The number of rotatable bonds is 2. The molecule has 3 heterocycles. The highest BCUT2D eigenvalue weighted by molar-refractivity contribution is 6.24. The number of benzene rings is 2. The third-order valence-corrected chi connectivity index (χ3v) is 6.59. The van der Waals surface area contributed by atoms with Crippen molar-refractivity contribution in [1.82, 2.24) is 5.01 Å². The first kappa shape index (κ1) is 19.7. The minimum Gasteiger partial charge on any atom is -0.297 e. The summed E-state index contributed by atoms with van der Waals surface area (Å²) in [5, 5.41) is 6.29. The van der Waals surface area contributed by atoms with Gasteiger partial charge in [0, 0.05) is 5.41 Å². The lowest BCUT2D eigenvalue weighted by Crippen LogP contribution is -2.48. The first-order valence-corrected chi connectivity index (χ1v) is 10.6. The molecule has 0 spiro atoms. The number of Topliss-reactive ketones (excluding diaryl/α,β-unsaturated/α-hetero) is 1. The van der Waals surface area contributed by atoms with Crippen molar-refractivity contribution < 1.29 is 14.4 Å². The van der Waals surface area contributed by atoms with Gasteiger partial charge in [-0.2, -0.15) is 5.10 Å². The Balaban J connectivity index is 1.66. The lowest BCUT2D eigenvalue weighted by atomic mass is 9.79. The van der Waals surface area contributed by atoms with E-state index in [1.54, 1.807) is 23.4 Å². The Morgan fingerprint density at radius 3 is 2.26 bits per heavy atom. The van der Waals surface area contributed by atoms with E-state index in [1.165, 1.54) is 4.90 Å². The van der Waals surface area contributed by atoms with Gasteiger partial charge in [0.25, 0.3) is 0 Å². The number of fused-ring (bicyclic) bond motifs is 5. The molecule has 0 bridgehead atoms. The molecule has 6 heteroatoms. The molecular formula is C25H25N3O3. The molecule has 2 fully saturated rings. The molecule has 2 aromatic rings. The van der Waals surface area contributed by atoms with E-state index in [9.17, 15) is 14.4 Å². The highest BCUT2D eigenvalue weighted by Crippen LogP contribution is 2.53. The molecule has 6 nitrogen and oxygen atoms in total. The normalized spacial score (nSPS) is 26.7. The average Bonchev–Trinajstić information content (AvgIpc) is 3.20. The first-order valence-electron chi connectivity index (χ1n) is 10.6. The van der Waals surface area contributed by atoms with Crippen molar-refractivity contribution in [1.29, 1.82) is 0 Å². The largest absolute Gasteiger partial charge is 0.297 e. The molecule has 0 radical (unpaired) electrons. The van der Waals surface area contributed by atoms with Crippen LogP contribution in [0.4, 0.5) is 5.69 Å². The zero-order valence-corrected chi connectivity index (χ0v) is 18.1. The number of nitrogens with zero attached hydrogens (tertiary/aromatic N) is 3. The number of carbonyl (C=O) groups excluding carboxylic acids is 3. The summed E-state index contributed by atoms with van der Waals surface area (Å²) in [6.45, 7) is 7.49. The van der Waals surface area contributed by atoms with Crippen molar-refractivity contribution in [3.8, 4) is 0 Å². The number of amides is 2. The van der Waals surface area contributed by atoms with E-state index in [1.807, 2.05) is 64.1 Å². The molecular weight excluding hydrogens is 390 g/mol. The molecule has 2 saturated heterocycles. The summed E-state index contributed by atoms with van der Waals surface area (Å²) in [6, 6.07) is 13.9. The van der Waals surface area contributed by atoms with Crippen molar-refractivity contribution >= 4 is 29.5 Å². The second-order valence-electron chi connectivity index (χ2n) is 9.66. The van der Waals surface area contributed by atoms with Gasteiger partial charge in [0.1, 0.15) is 6.04 Å². The Morgan fingerprint density at radius 2 is 1.58 bits per heavy atom. The maximum atomic E-state index is 13.7. The zero-order valence-electron chi connectivity index (χ0n) is 18.1. The molecule has 0 aromatic heterocycles. The average molecular weight is 415 g/mol. The summed E-state index contributed by atoms with van der Waals surface area (Å²) in [7, 11) is 0. The molecule has 3 aliphatic heterocycles. The van der Waals surface area contributed by atoms with E-state index in [0.29, 0.717) is 5.69 Å². The molecule has 2 aromatic carbocycles. The van der Waals surface area contributed by atoms with Gasteiger partial charge in [0.15, 0.2) is 5.78 Å². The number of aryl methyl sites for hydroxylation is 1. The van der Waals surface area contributed by atoms with Crippen LogP contribution in [0.5, 0.6) is 0 Å². The molecule has 4 atom stereocenters. The molecule has 158 valence electrons. The lowest BCUT2D eigenvalue weighted by Gasteiger charge is -2.35. The number of ketones is 1. The van der Waals surface area contributed by atoms with Gasteiger partial charge in [0.2, 0.25) is 11.8 Å². The van der Waals surface area contributed by atoms with Crippen LogP contribution in [0.2, 0.25) is 0 Å². The molecule has 0 aliphatic carbocycles. The van der Waals surface area contributed by atoms with E-state index in [4.69, 9.17) is 0 Å². The first-order chi connectivity index (χ1) is 14.7. The highest BCUT2D eigenvalue weighted by Gasteiger charge is 2.66. The third kappa shape index (κ3) is 2.77. The lowest BCUT2D eigenvalue weighted by molar-refractivity contribution is -0.136. The minimum atomic E-state index is -0.772. The van der Waals surface area contributed by atoms with E-state index in [2.05, 4.69) is 5.10 Å². The van der Waals surface area contributed by atoms with Gasteiger partial charge in [-0.25, -0.2) is 4.90 Å². The maximum Gasteiger partial charge on any atom is 0.240 e. The number of imide groups is 1. The van der Waals surface area contributed by atoms with Crippen molar-refractivity contribution in [2.45, 2.75) is 39.8 Å². The summed E-state index contributed by atoms with van der Waals surface area (Å²) >= 11 is 0. The maximum absolute atomic E-state index is 13.7. The number of carbonyl (C=O) groups is 3. The Labute approximate surface area is 181 Å². The molecule has 31 heavy (non-hydrogen) atoms. The van der Waals surface area contributed by atoms with Gasteiger partial charge < -0.3 is 0 Å². The van der Waals surface area contributed by atoms with Gasteiger partial charge in [-0.3, -0.25) is 19.4 Å². The van der Waals surface area contributed by atoms with Crippen molar-refractivity contribution in [2.75, 3.05) is 4.90 Å². The molecule has 2 amide bonds. The molecule has 0 N–H and O–H groups in total. The number of anilines is 1. The number of hydrazone groups is 1. The quantitative estimate of drug-likeness (QED) is 0.704. The van der Waals surface area contributed by atoms with Crippen molar-refractivity contribution in [3.05, 3.63) is 65.2 Å². The monoisotopic (exact) mass is 415 g/mol. The Bertz CT molecular complexity index is 1130. The fraction of sp³-hybridized carbons (Fsp3) is 0.360. The van der Waals surface area contributed by atoms with Crippen LogP contribution >= 0.6 is 0 Å². The van der Waals surface area contributed by atoms with Crippen LogP contribution < -0.4 is 4.90 Å². The Kier molecular flexibility index (Phi) is 4.19. The molecule has 5 rings (SSSR count). The van der Waals surface area contributed by atoms with E-state index >= 15 is 0 Å². The summed E-state index contributed by atoms with van der Waals surface area (Å²) in [5.74, 6) is -2.06. The van der Waals surface area contributed by atoms with Crippen molar-refractivity contribution in [3.63, 3.8) is 0 Å². The molecule has 0 unspecified atom stereocenters. The van der Waals surface area contributed by atoms with E-state index < -0.39 is 29.3 Å². The minimum absolute atomic E-state index is 0.0755. The second kappa shape index (κ2) is 6.61. The third-order valence-electron chi connectivity index (χ3n) is 6.59.